The normalized spacial score (nSPS) is 36.4. The predicted octanol–water partition coefficient (Wildman–Crippen LogP) is -0.0339. The molecule has 0 aromatic rings. The van der Waals surface area contributed by atoms with Gasteiger partial charge in [-0.05, 0) is 6.42 Å². The third kappa shape index (κ3) is 1.74. The van der Waals surface area contributed by atoms with E-state index in [-0.39, 0.29) is 6.42 Å². The van der Waals surface area contributed by atoms with Crippen LogP contribution in [0.1, 0.15) is 6.42 Å². The minimum Gasteiger partial charge on any atom is -0.477 e. The largest absolute Gasteiger partial charge is 0.477 e. The summed E-state index contributed by atoms with van der Waals surface area (Å²) >= 11 is 0. The second-order valence-corrected chi connectivity index (χ2v) is 5.21. The van der Waals surface area contributed by atoms with Crippen molar-refractivity contribution in [3.8, 4) is 0 Å². The highest BCUT2D eigenvalue weighted by molar-refractivity contribution is 5.89. The van der Waals surface area contributed by atoms with Gasteiger partial charge in [0.15, 0.2) is 12.2 Å². The molecule has 3 aliphatic heterocycles. The Morgan fingerprint density at radius 1 is 1.18 bits per heavy atom. The van der Waals surface area contributed by atoms with Crippen LogP contribution in [0.4, 0.5) is 17.6 Å². The first-order valence-corrected chi connectivity index (χ1v) is 6.13. The van der Waals surface area contributed by atoms with E-state index in [1.54, 1.807) is 0 Å². The highest BCUT2D eigenvalue weighted by Crippen LogP contribution is 2.48. The fourth-order valence-electron chi connectivity index (χ4n) is 2.84. The van der Waals surface area contributed by atoms with Gasteiger partial charge in [-0.15, -0.1) is 0 Å². The van der Waals surface area contributed by atoms with Crippen LogP contribution in [0.15, 0.2) is 0 Å². The minimum atomic E-state index is -5.63. The van der Waals surface area contributed by atoms with Crippen LogP contribution in [0.3, 0.4) is 0 Å². The summed E-state index contributed by atoms with van der Waals surface area (Å²) in [6.45, 7) is 0. The molecule has 5 atom stereocenters. The SMILES string of the molecule is O=C1OC2C(OC(=O)C(F)(F)C(F)(F)C(=O)O)C3CC1C2O3. The number of hydrogen-bond acceptors (Lipinski definition) is 6. The van der Waals surface area contributed by atoms with Crippen molar-refractivity contribution in [2.45, 2.75) is 42.7 Å². The maximum atomic E-state index is 13.3. The predicted molar refractivity (Wildman–Crippen MR) is 54.1 cm³/mol. The van der Waals surface area contributed by atoms with Gasteiger partial charge in [0.25, 0.3) is 0 Å². The summed E-state index contributed by atoms with van der Waals surface area (Å²) in [4.78, 5) is 32.8. The fraction of sp³-hybridized carbons (Fsp3) is 0.727. The monoisotopic (exact) mass is 328 g/mol. The molecule has 7 nitrogen and oxygen atoms in total. The lowest BCUT2D eigenvalue weighted by molar-refractivity contribution is -0.239. The quantitative estimate of drug-likeness (QED) is 0.571. The molecule has 5 unspecified atom stereocenters. The van der Waals surface area contributed by atoms with Gasteiger partial charge in [-0.2, -0.15) is 17.6 Å². The van der Waals surface area contributed by atoms with Crippen LogP contribution in [-0.2, 0) is 28.6 Å². The molecule has 3 aliphatic rings. The molecule has 2 bridgehead atoms. The van der Waals surface area contributed by atoms with E-state index in [1.807, 2.05) is 0 Å². The lowest BCUT2D eigenvalue weighted by atomic mass is 9.88. The first-order valence-electron chi connectivity index (χ1n) is 6.13. The van der Waals surface area contributed by atoms with Gasteiger partial charge < -0.3 is 19.3 Å². The van der Waals surface area contributed by atoms with Crippen LogP contribution in [0.5, 0.6) is 0 Å². The summed E-state index contributed by atoms with van der Waals surface area (Å²) in [6.07, 6.45) is -4.25. The van der Waals surface area contributed by atoms with Crippen LogP contribution in [0.2, 0.25) is 0 Å². The van der Waals surface area contributed by atoms with E-state index >= 15 is 0 Å². The first kappa shape index (κ1) is 15.0. The van der Waals surface area contributed by atoms with Gasteiger partial charge in [-0.1, -0.05) is 0 Å². The average molecular weight is 328 g/mol. The molecule has 3 heterocycles. The molecular formula is C11H8F4O7. The van der Waals surface area contributed by atoms with Gasteiger partial charge in [-0.25, -0.2) is 9.59 Å². The number of fused-ring (bicyclic) bond motifs is 1. The van der Waals surface area contributed by atoms with Crippen molar-refractivity contribution < 1.29 is 51.3 Å². The molecule has 1 N–H and O–H groups in total. The van der Waals surface area contributed by atoms with Crippen LogP contribution in [0.25, 0.3) is 0 Å². The van der Waals surface area contributed by atoms with Crippen LogP contribution in [-0.4, -0.2) is 59.3 Å². The number of halogens is 4. The molecule has 3 rings (SSSR count). The molecule has 11 heteroatoms. The maximum Gasteiger partial charge on any atom is 0.415 e. The smallest absolute Gasteiger partial charge is 0.415 e. The van der Waals surface area contributed by atoms with Gasteiger partial charge in [0.1, 0.15) is 6.10 Å². The maximum absolute atomic E-state index is 13.3. The summed E-state index contributed by atoms with van der Waals surface area (Å²) < 4.78 is 66.8. The summed E-state index contributed by atoms with van der Waals surface area (Å²) in [5.74, 6) is -18.3. The molecular weight excluding hydrogens is 320 g/mol. The first-order chi connectivity index (χ1) is 10.1. The Kier molecular flexibility index (Phi) is 2.94. The zero-order chi connectivity index (χ0) is 16.4. The molecule has 3 fully saturated rings. The van der Waals surface area contributed by atoms with Crippen molar-refractivity contribution >= 4 is 17.9 Å². The molecule has 0 saturated carbocycles. The van der Waals surface area contributed by atoms with Gasteiger partial charge in [0.2, 0.25) is 0 Å². The number of aliphatic carboxylic acids is 1. The Hall–Kier alpha value is -1.91. The van der Waals surface area contributed by atoms with Gasteiger partial charge in [0.05, 0.1) is 12.0 Å². The molecule has 0 aliphatic carbocycles. The second kappa shape index (κ2) is 4.31. The zero-order valence-electron chi connectivity index (χ0n) is 10.5. The third-order valence-corrected chi connectivity index (χ3v) is 3.95. The fourth-order valence-corrected chi connectivity index (χ4v) is 2.84. The number of carboxylic acids is 1. The Morgan fingerprint density at radius 2 is 1.82 bits per heavy atom. The van der Waals surface area contributed by atoms with Gasteiger partial charge in [0, 0.05) is 0 Å². The molecule has 0 aromatic carbocycles. The van der Waals surface area contributed by atoms with Gasteiger partial charge in [-0.3, -0.25) is 4.79 Å². The van der Waals surface area contributed by atoms with E-state index in [9.17, 15) is 31.9 Å². The Morgan fingerprint density at radius 3 is 2.41 bits per heavy atom. The highest BCUT2D eigenvalue weighted by Gasteiger charge is 2.71. The van der Waals surface area contributed by atoms with E-state index in [0.717, 1.165) is 0 Å². The molecule has 122 valence electrons. The van der Waals surface area contributed by atoms with E-state index < -0.39 is 60.1 Å². The third-order valence-electron chi connectivity index (χ3n) is 3.95. The summed E-state index contributed by atoms with van der Waals surface area (Å²) in [7, 11) is 0. The topological polar surface area (TPSA) is 99.1 Å². The van der Waals surface area contributed by atoms with E-state index in [2.05, 4.69) is 4.74 Å². The summed E-state index contributed by atoms with van der Waals surface area (Å²) in [6, 6.07) is 0. The summed E-state index contributed by atoms with van der Waals surface area (Å²) in [5, 5.41) is 8.10. The van der Waals surface area contributed by atoms with Crippen molar-refractivity contribution in [1.82, 2.24) is 0 Å². The van der Waals surface area contributed by atoms with Crippen molar-refractivity contribution in [3.63, 3.8) is 0 Å². The summed E-state index contributed by atoms with van der Waals surface area (Å²) in [5.41, 5.74) is 0. The molecule has 22 heavy (non-hydrogen) atoms. The number of carbonyl (C=O) groups excluding carboxylic acids is 2. The lowest BCUT2D eigenvalue weighted by Gasteiger charge is -2.26. The zero-order valence-corrected chi connectivity index (χ0v) is 10.5. The standard InChI is InChI=1S/C11H8F4O7/c12-10(13,8(17)18)11(14,15)9(19)22-5-3-1-2-4(20-3)6(5)21-7(2)16/h2-6H,1H2,(H,17,18). The number of esters is 2. The lowest BCUT2D eigenvalue weighted by Crippen LogP contribution is -2.55. The minimum absolute atomic E-state index is 0.0544. The number of ether oxygens (including phenoxy) is 3. The number of alkyl halides is 4. The number of hydrogen-bond donors (Lipinski definition) is 1. The van der Waals surface area contributed by atoms with Crippen LogP contribution in [0, 0.1) is 5.92 Å². The average Bonchev–Trinajstić information content (AvgIpc) is 3.02. The highest BCUT2D eigenvalue weighted by atomic mass is 19.3. The number of carbonyl (C=O) groups is 3. The Balaban J connectivity index is 1.76. The van der Waals surface area contributed by atoms with Crippen molar-refractivity contribution in [2.24, 2.45) is 5.92 Å². The molecule has 0 aromatic heterocycles. The Bertz CT molecular complexity index is 563. The van der Waals surface area contributed by atoms with Crippen molar-refractivity contribution in [1.29, 1.82) is 0 Å². The number of carboxylic acid groups (broad SMARTS) is 1. The van der Waals surface area contributed by atoms with Crippen LogP contribution < -0.4 is 0 Å². The van der Waals surface area contributed by atoms with E-state index in [0.29, 0.717) is 0 Å². The van der Waals surface area contributed by atoms with Gasteiger partial charge >= 0.3 is 29.8 Å². The molecule has 0 radical (unpaired) electrons. The molecule has 3 saturated heterocycles. The van der Waals surface area contributed by atoms with Crippen LogP contribution >= 0.6 is 0 Å². The molecule has 0 amide bonds. The van der Waals surface area contributed by atoms with E-state index in [1.165, 1.54) is 0 Å². The molecule has 0 spiro atoms. The van der Waals surface area contributed by atoms with Crippen molar-refractivity contribution in [2.75, 3.05) is 0 Å². The van der Waals surface area contributed by atoms with Crippen molar-refractivity contribution in [3.05, 3.63) is 0 Å². The Labute approximate surface area is 119 Å². The second-order valence-electron chi connectivity index (χ2n) is 5.21. The number of rotatable bonds is 4. The van der Waals surface area contributed by atoms with E-state index in [4.69, 9.17) is 14.6 Å².